The fraction of sp³-hybridized carbons (Fsp3) is 0.200. The largest absolute Gasteiger partial charge is 0.491 e. The number of para-hydroxylation sites is 1. The molecule has 0 spiro atoms. The Balaban J connectivity index is 2.20. The first-order valence-electron chi connectivity index (χ1n) is 5.93. The zero-order valence-corrected chi connectivity index (χ0v) is 10.6. The van der Waals surface area contributed by atoms with E-state index in [2.05, 4.69) is 0 Å². The summed E-state index contributed by atoms with van der Waals surface area (Å²) in [5.74, 6) is 2.17. The molecule has 0 saturated heterocycles. The number of nitrogens with two attached hydrogens (primary N) is 1. The molecule has 18 heavy (non-hydrogen) atoms. The zero-order chi connectivity index (χ0) is 13.0. The summed E-state index contributed by atoms with van der Waals surface area (Å²) in [6.45, 7) is 3.95. The summed E-state index contributed by atoms with van der Waals surface area (Å²) in [5, 5.41) is 0. The number of hydrogen-bond donors (Lipinski definition) is 1. The van der Waals surface area contributed by atoms with Gasteiger partial charge in [-0.25, -0.2) is 0 Å². The lowest BCUT2D eigenvalue weighted by Gasteiger charge is -2.12. The number of anilines is 1. The van der Waals surface area contributed by atoms with Crippen LogP contribution in [0.4, 0.5) is 5.69 Å². The van der Waals surface area contributed by atoms with Crippen molar-refractivity contribution in [2.75, 3.05) is 5.73 Å². The molecule has 3 heteroatoms. The van der Waals surface area contributed by atoms with Crippen LogP contribution in [-0.2, 0) is 0 Å². The molecule has 0 aliphatic rings. The Morgan fingerprint density at radius 3 is 2.22 bits per heavy atom. The molecule has 0 unspecified atom stereocenters. The average molecular weight is 243 g/mol. The fourth-order valence-corrected chi connectivity index (χ4v) is 1.62. The smallest absolute Gasteiger partial charge is 0.133 e. The second-order valence-corrected chi connectivity index (χ2v) is 4.32. The number of nitrogen functional groups attached to an aromatic ring is 1. The SMILES string of the molecule is CC(C)Oc1cc(N)cc(Oc2ccccc2)c1. The van der Waals surface area contributed by atoms with Gasteiger partial charge < -0.3 is 15.2 Å². The van der Waals surface area contributed by atoms with E-state index in [1.807, 2.05) is 50.2 Å². The predicted molar refractivity (Wildman–Crippen MR) is 73.1 cm³/mol. The molecule has 3 nitrogen and oxygen atoms in total. The third-order valence-corrected chi connectivity index (χ3v) is 2.25. The molecular formula is C15H17NO2. The lowest BCUT2D eigenvalue weighted by molar-refractivity contribution is 0.242. The molecule has 0 aliphatic carbocycles. The zero-order valence-electron chi connectivity index (χ0n) is 10.6. The van der Waals surface area contributed by atoms with Crippen molar-refractivity contribution in [1.29, 1.82) is 0 Å². The highest BCUT2D eigenvalue weighted by atomic mass is 16.5. The molecule has 0 atom stereocenters. The van der Waals surface area contributed by atoms with E-state index < -0.39 is 0 Å². The Kier molecular flexibility index (Phi) is 3.72. The van der Waals surface area contributed by atoms with Gasteiger partial charge in [-0.3, -0.25) is 0 Å². The van der Waals surface area contributed by atoms with Gasteiger partial charge in [0.05, 0.1) is 6.10 Å². The van der Waals surface area contributed by atoms with E-state index in [4.69, 9.17) is 15.2 Å². The molecule has 0 bridgehead atoms. The van der Waals surface area contributed by atoms with Crippen LogP contribution in [0, 0.1) is 0 Å². The summed E-state index contributed by atoms with van der Waals surface area (Å²) in [6, 6.07) is 15.0. The highest BCUT2D eigenvalue weighted by Gasteiger charge is 2.04. The Labute approximate surface area is 107 Å². The van der Waals surface area contributed by atoms with E-state index in [1.165, 1.54) is 0 Å². The quantitative estimate of drug-likeness (QED) is 0.829. The Morgan fingerprint density at radius 1 is 0.889 bits per heavy atom. The third kappa shape index (κ3) is 3.42. The number of benzene rings is 2. The van der Waals surface area contributed by atoms with Gasteiger partial charge in [0.2, 0.25) is 0 Å². The van der Waals surface area contributed by atoms with Crippen LogP contribution < -0.4 is 15.2 Å². The van der Waals surface area contributed by atoms with E-state index >= 15 is 0 Å². The van der Waals surface area contributed by atoms with Gasteiger partial charge in [-0.05, 0) is 26.0 Å². The molecule has 0 aromatic heterocycles. The minimum Gasteiger partial charge on any atom is -0.491 e. The van der Waals surface area contributed by atoms with Crippen molar-refractivity contribution in [3.05, 3.63) is 48.5 Å². The van der Waals surface area contributed by atoms with Gasteiger partial charge in [0, 0.05) is 23.9 Å². The maximum absolute atomic E-state index is 5.83. The van der Waals surface area contributed by atoms with Crippen LogP contribution in [0.2, 0.25) is 0 Å². The van der Waals surface area contributed by atoms with Gasteiger partial charge in [0.15, 0.2) is 0 Å². The normalized spacial score (nSPS) is 10.4. The molecule has 0 amide bonds. The fourth-order valence-electron chi connectivity index (χ4n) is 1.62. The summed E-state index contributed by atoms with van der Waals surface area (Å²) in [5.41, 5.74) is 6.45. The van der Waals surface area contributed by atoms with Gasteiger partial charge in [-0.1, -0.05) is 18.2 Å². The lowest BCUT2D eigenvalue weighted by atomic mass is 10.2. The van der Waals surface area contributed by atoms with Crippen molar-refractivity contribution >= 4 is 5.69 Å². The van der Waals surface area contributed by atoms with Gasteiger partial charge in [0.25, 0.3) is 0 Å². The van der Waals surface area contributed by atoms with Gasteiger partial charge in [-0.2, -0.15) is 0 Å². The first-order chi connectivity index (χ1) is 8.63. The van der Waals surface area contributed by atoms with E-state index in [0.29, 0.717) is 11.4 Å². The van der Waals surface area contributed by atoms with Crippen LogP contribution in [0.15, 0.2) is 48.5 Å². The van der Waals surface area contributed by atoms with Crippen LogP contribution in [0.3, 0.4) is 0 Å². The molecule has 2 aromatic carbocycles. The predicted octanol–water partition coefficient (Wildman–Crippen LogP) is 3.85. The van der Waals surface area contributed by atoms with Crippen LogP contribution in [0.5, 0.6) is 17.2 Å². The second kappa shape index (κ2) is 5.45. The first-order valence-corrected chi connectivity index (χ1v) is 5.93. The molecule has 0 fully saturated rings. The highest BCUT2D eigenvalue weighted by Crippen LogP contribution is 2.28. The summed E-state index contributed by atoms with van der Waals surface area (Å²) >= 11 is 0. The average Bonchev–Trinajstić information content (AvgIpc) is 2.28. The third-order valence-electron chi connectivity index (χ3n) is 2.25. The van der Waals surface area contributed by atoms with Crippen molar-refractivity contribution in [2.24, 2.45) is 0 Å². The van der Waals surface area contributed by atoms with Gasteiger partial charge in [0.1, 0.15) is 17.2 Å². The lowest BCUT2D eigenvalue weighted by Crippen LogP contribution is -2.05. The Hall–Kier alpha value is -2.16. The summed E-state index contributed by atoms with van der Waals surface area (Å²) in [7, 11) is 0. The maximum atomic E-state index is 5.83. The number of hydrogen-bond acceptors (Lipinski definition) is 3. The van der Waals surface area contributed by atoms with Crippen LogP contribution in [-0.4, -0.2) is 6.10 Å². The second-order valence-electron chi connectivity index (χ2n) is 4.32. The molecule has 0 saturated carbocycles. The van der Waals surface area contributed by atoms with E-state index in [9.17, 15) is 0 Å². The molecule has 0 aliphatic heterocycles. The minimum atomic E-state index is 0.108. The van der Waals surface area contributed by atoms with Crippen molar-refractivity contribution in [2.45, 2.75) is 20.0 Å². The molecule has 0 heterocycles. The minimum absolute atomic E-state index is 0.108. The van der Waals surface area contributed by atoms with Crippen molar-refractivity contribution in [3.8, 4) is 17.2 Å². The Morgan fingerprint density at radius 2 is 1.56 bits per heavy atom. The number of rotatable bonds is 4. The molecule has 2 N–H and O–H groups in total. The van der Waals surface area contributed by atoms with Gasteiger partial charge >= 0.3 is 0 Å². The first kappa shape index (κ1) is 12.3. The highest BCUT2D eigenvalue weighted by molar-refractivity contribution is 5.51. The maximum Gasteiger partial charge on any atom is 0.133 e. The molecular weight excluding hydrogens is 226 g/mol. The summed E-state index contributed by atoms with van der Waals surface area (Å²) in [4.78, 5) is 0. The van der Waals surface area contributed by atoms with E-state index in [1.54, 1.807) is 12.1 Å². The van der Waals surface area contributed by atoms with Gasteiger partial charge in [-0.15, -0.1) is 0 Å². The Bertz CT molecular complexity index is 509. The summed E-state index contributed by atoms with van der Waals surface area (Å²) < 4.78 is 11.3. The molecule has 2 rings (SSSR count). The summed E-state index contributed by atoms with van der Waals surface area (Å²) in [6.07, 6.45) is 0.108. The van der Waals surface area contributed by atoms with Crippen molar-refractivity contribution < 1.29 is 9.47 Å². The number of ether oxygens (including phenoxy) is 2. The monoisotopic (exact) mass is 243 g/mol. The van der Waals surface area contributed by atoms with Crippen molar-refractivity contribution in [1.82, 2.24) is 0 Å². The van der Waals surface area contributed by atoms with Crippen LogP contribution >= 0.6 is 0 Å². The standard InChI is InChI=1S/C15H17NO2/c1-11(2)17-14-8-12(16)9-15(10-14)18-13-6-4-3-5-7-13/h3-11H,16H2,1-2H3. The topological polar surface area (TPSA) is 44.5 Å². The van der Waals surface area contributed by atoms with Crippen molar-refractivity contribution in [3.63, 3.8) is 0 Å². The van der Waals surface area contributed by atoms with Crippen LogP contribution in [0.25, 0.3) is 0 Å². The molecule has 0 radical (unpaired) electrons. The van der Waals surface area contributed by atoms with E-state index in [-0.39, 0.29) is 6.10 Å². The van der Waals surface area contributed by atoms with Crippen LogP contribution in [0.1, 0.15) is 13.8 Å². The van der Waals surface area contributed by atoms with E-state index in [0.717, 1.165) is 11.5 Å². The molecule has 94 valence electrons. The molecule has 2 aromatic rings.